The van der Waals surface area contributed by atoms with Crippen molar-refractivity contribution in [1.29, 1.82) is 0 Å². The number of oxazole rings is 1. The third-order valence-electron chi connectivity index (χ3n) is 1.77. The molecule has 0 saturated carbocycles. The molecule has 2 rings (SSSR count). The molecule has 1 amide bonds. The number of rotatable bonds is 2. The Kier molecular flexibility index (Phi) is 2.57. The van der Waals surface area contributed by atoms with E-state index in [9.17, 15) is 4.79 Å². The van der Waals surface area contributed by atoms with E-state index in [1.807, 2.05) is 0 Å². The molecule has 0 radical (unpaired) electrons. The van der Waals surface area contributed by atoms with Crippen LogP contribution in [0.4, 0.5) is 10.3 Å². The van der Waals surface area contributed by atoms with Gasteiger partial charge in [-0.3, -0.25) is 10.1 Å². The molecule has 0 aromatic carbocycles. The van der Waals surface area contributed by atoms with Gasteiger partial charge in [-0.2, -0.15) is 0 Å². The molecule has 2 aromatic heterocycles. The Bertz CT molecular complexity index is 532. The molecule has 0 fully saturated rings. The molecular weight excluding hydrogens is 230 g/mol. The van der Waals surface area contributed by atoms with Crippen LogP contribution in [0.5, 0.6) is 0 Å². The van der Waals surface area contributed by atoms with E-state index in [1.165, 1.54) is 0 Å². The molecule has 7 nitrogen and oxygen atoms in total. The number of carbonyl (C=O) groups excluding carboxylic acids is 1. The standard InChI is InChI=1S/C8H9N5O2S/c1-3-5(15-4(2)10-3)6(14)11-8-13-12-7(9)16-8/h1-2H3,(H2,9,12)(H,11,13,14). The largest absolute Gasteiger partial charge is 0.436 e. The zero-order valence-corrected chi connectivity index (χ0v) is 9.46. The normalized spacial score (nSPS) is 10.4. The van der Waals surface area contributed by atoms with Crippen molar-refractivity contribution in [3.63, 3.8) is 0 Å². The Morgan fingerprint density at radius 3 is 2.69 bits per heavy atom. The van der Waals surface area contributed by atoms with Crippen LogP contribution in [0.3, 0.4) is 0 Å². The predicted octanol–water partition coefficient (Wildman–Crippen LogP) is 0.977. The summed E-state index contributed by atoms with van der Waals surface area (Å²) in [5, 5.41) is 10.4. The molecule has 16 heavy (non-hydrogen) atoms. The lowest BCUT2D eigenvalue weighted by Crippen LogP contribution is -2.12. The van der Waals surface area contributed by atoms with Crippen LogP contribution >= 0.6 is 11.3 Å². The Balaban J connectivity index is 2.17. The summed E-state index contributed by atoms with van der Waals surface area (Å²) in [6.45, 7) is 3.37. The third-order valence-corrected chi connectivity index (χ3v) is 2.44. The SMILES string of the molecule is Cc1nc(C)c(C(=O)Nc2nnc(N)s2)o1. The van der Waals surface area contributed by atoms with E-state index < -0.39 is 5.91 Å². The lowest BCUT2D eigenvalue weighted by atomic mass is 10.3. The Labute approximate surface area is 94.7 Å². The number of hydrogen-bond donors (Lipinski definition) is 2. The van der Waals surface area contributed by atoms with Crippen LogP contribution in [0.2, 0.25) is 0 Å². The van der Waals surface area contributed by atoms with Crippen molar-refractivity contribution in [3.8, 4) is 0 Å². The summed E-state index contributed by atoms with van der Waals surface area (Å²) < 4.78 is 5.16. The van der Waals surface area contributed by atoms with Gasteiger partial charge < -0.3 is 10.2 Å². The molecular formula is C8H9N5O2S. The fourth-order valence-corrected chi connectivity index (χ4v) is 1.69. The van der Waals surface area contributed by atoms with E-state index in [1.54, 1.807) is 13.8 Å². The maximum atomic E-state index is 11.7. The number of carbonyl (C=O) groups is 1. The summed E-state index contributed by atoms with van der Waals surface area (Å²) in [6, 6.07) is 0. The van der Waals surface area contributed by atoms with Gasteiger partial charge in [0.25, 0.3) is 5.91 Å². The Morgan fingerprint density at radius 2 is 2.19 bits per heavy atom. The van der Waals surface area contributed by atoms with Gasteiger partial charge >= 0.3 is 0 Å². The quantitative estimate of drug-likeness (QED) is 0.808. The average molecular weight is 239 g/mol. The Hall–Kier alpha value is -1.96. The van der Waals surface area contributed by atoms with E-state index in [2.05, 4.69) is 20.5 Å². The number of nitrogens with one attached hydrogen (secondary N) is 1. The number of amides is 1. The smallest absolute Gasteiger partial charge is 0.295 e. The molecule has 0 spiro atoms. The molecule has 8 heteroatoms. The third kappa shape index (κ3) is 2.01. The highest BCUT2D eigenvalue weighted by Gasteiger charge is 2.17. The zero-order valence-electron chi connectivity index (χ0n) is 8.64. The van der Waals surface area contributed by atoms with E-state index >= 15 is 0 Å². The van der Waals surface area contributed by atoms with Gasteiger partial charge in [0.05, 0.1) is 5.69 Å². The van der Waals surface area contributed by atoms with Gasteiger partial charge in [0.2, 0.25) is 16.0 Å². The first-order chi connectivity index (χ1) is 7.56. The molecule has 0 unspecified atom stereocenters. The van der Waals surface area contributed by atoms with Crippen LogP contribution < -0.4 is 11.1 Å². The monoisotopic (exact) mass is 239 g/mol. The minimum absolute atomic E-state index is 0.172. The number of anilines is 2. The Morgan fingerprint density at radius 1 is 1.44 bits per heavy atom. The fraction of sp³-hybridized carbons (Fsp3) is 0.250. The minimum Gasteiger partial charge on any atom is -0.436 e. The van der Waals surface area contributed by atoms with Crippen molar-refractivity contribution in [2.24, 2.45) is 0 Å². The van der Waals surface area contributed by atoms with Crippen LogP contribution in [-0.4, -0.2) is 21.1 Å². The number of aromatic nitrogens is 3. The number of nitrogen functional groups attached to an aromatic ring is 1. The highest BCUT2D eigenvalue weighted by Crippen LogP contribution is 2.18. The first kappa shape index (κ1) is 10.6. The van der Waals surface area contributed by atoms with Crippen LogP contribution in [0.15, 0.2) is 4.42 Å². The van der Waals surface area contributed by atoms with Crippen molar-refractivity contribution >= 4 is 27.5 Å². The molecule has 0 atom stereocenters. The second-order valence-corrected chi connectivity index (χ2v) is 4.06. The van der Waals surface area contributed by atoms with Gasteiger partial charge in [0.15, 0.2) is 5.89 Å². The molecule has 2 aromatic rings. The summed E-state index contributed by atoms with van der Waals surface area (Å²) >= 11 is 1.08. The van der Waals surface area contributed by atoms with Crippen LogP contribution in [0, 0.1) is 13.8 Å². The summed E-state index contributed by atoms with van der Waals surface area (Å²) in [5.41, 5.74) is 5.92. The van der Waals surface area contributed by atoms with E-state index in [4.69, 9.17) is 10.2 Å². The van der Waals surface area contributed by atoms with Crippen molar-refractivity contribution in [2.75, 3.05) is 11.1 Å². The number of aryl methyl sites for hydroxylation is 2. The lowest BCUT2D eigenvalue weighted by molar-refractivity contribution is 0.0994. The minimum atomic E-state index is -0.408. The highest BCUT2D eigenvalue weighted by molar-refractivity contribution is 7.19. The number of nitrogens with two attached hydrogens (primary N) is 1. The molecule has 84 valence electrons. The molecule has 0 aliphatic heterocycles. The van der Waals surface area contributed by atoms with Gasteiger partial charge in [-0.15, -0.1) is 10.2 Å². The molecule has 0 saturated heterocycles. The van der Waals surface area contributed by atoms with Crippen LogP contribution in [-0.2, 0) is 0 Å². The second kappa shape index (κ2) is 3.89. The van der Waals surface area contributed by atoms with Gasteiger partial charge in [0, 0.05) is 6.92 Å². The molecule has 2 heterocycles. The van der Waals surface area contributed by atoms with E-state index in [0.29, 0.717) is 21.8 Å². The first-order valence-electron chi connectivity index (χ1n) is 4.40. The molecule has 0 aliphatic rings. The van der Waals surface area contributed by atoms with Crippen LogP contribution in [0.1, 0.15) is 22.1 Å². The molecule has 0 aliphatic carbocycles. The topological polar surface area (TPSA) is 107 Å². The number of hydrogen-bond acceptors (Lipinski definition) is 7. The van der Waals surface area contributed by atoms with Crippen molar-refractivity contribution in [3.05, 3.63) is 17.3 Å². The van der Waals surface area contributed by atoms with Gasteiger partial charge in [0.1, 0.15) is 0 Å². The highest BCUT2D eigenvalue weighted by atomic mass is 32.1. The van der Waals surface area contributed by atoms with E-state index in [0.717, 1.165) is 11.3 Å². The lowest BCUT2D eigenvalue weighted by Gasteiger charge is -1.96. The zero-order chi connectivity index (χ0) is 11.7. The van der Waals surface area contributed by atoms with Crippen molar-refractivity contribution < 1.29 is 9.21 Å². The first-order valence-corrected chi connectivity index (χ1v) is 5.22. The summed E-state index contributed by atoms with van der Waals surface area (Å²) in [6.07, 6.45) is 0. The molecule has 0 bridgehead atoms. The van der Waals surface area contributed by atoms with E-state index in [-0.39, 0.29) is 5.76 Å². The number of nitrogens with zero attached hydrogens (tertiary/aromatic N) is 3. The van der Waals surface area contributed by atoms with Gasteiger partial charge in [-0.1, -0.05) is 11.3 Å². The summed E-state index contributed by atoms with van der Waals surface area (Å²) in [5.74, 6) is 0.208. The van der Waals surface area contributed by atoms with Gasteiger partial charge in [-0.25, -0.2) is 4.98 Å². The molecule has 3 N–H and O–H groups in total. The maximum absolute atomic E-state index is 11.7. The maximum Gasteiger partial charge on any atom is 0.295 e. The van der Waals surface area contributed by atoms with Crippen molar-refractivity contribution in [1.82, 2.24) is 15.2 Å². The predicted molar refractivity (Wildman–Crippen MR) is 58.3 cm³/mol. The van der Waals surface area contributed by atoms with Crippen molar-refractivity contribution in [2.45, 2.75) is 13.8 Å². The fourth-order valence-electron chi connectivity index (χ4n) is 1.18. The average Bonchev–Trinajstić information content (AvgIpc) is 2.73. The second-order valence-electron chi connectivity index (χ2n) is 3.05. The summed E-state index contributed by atoms with van der Waals surface area (Å²) in [4.78, 5) is 15.7. The summed E-state index contributed by atoms with van der Waals surface area (Å²) in [7, 11) is 0. The van der Waals surface area contributed by atoms with Crippen LogP contribution in [0.25, 0.3) is 0 Å². The van der Waals surface area contributed by atoms with Gasteiger partial charge in [-0.05, 0) is 6.92 Å².